The fourth-order valence-electron chi connectivity index (χ4n) is 5.61. The van der Waals surface area contributed by atoms with Crippen LogP contribution in [0.3, 0.4) is 0 Å². The number of carbonyl (C=O) groups excluding carboxylic acids is 1. The van der Waals surface area contributed by atoms with Crippen molar-refractivity contribution in [1.29, 1.82) is 0 Å². The SMILES string of the molecule is COc1nc(-c2cccc(-c3cccc(COc4nc(OC)c(CNCCCC(=O)O)cc4Cl)c3Cl)c2Cl)ccc1CNCC1CCC(=O)N1. The van der Waals surface area contributed by atoms with Gasteiger partial charge in [-0.1, -0.05) is 77.3 Å². The molecular weight excluding hydrogens is 705 g/mol. The number of hydrogen-bond acceptors (Lipinski definition) is 9. The zero-order valence-electron chi connectivity index (χ0n) is 27.7. The quantitative estimate of drug-likeness (QED) is 0.0865. The van der Waals surface area contributed by atoms with Crippen LogP contribution in [0.25, 0.3) is 22.4 Å². The van der Waals surface area contributed by atoms with E-state index in [-0.39, 0.29) is 30.9 Å². The maximum absolute atomic E-state index is 11.5. The van der Waals surface area contributed by atoms with Gasteiger partial charge in [0.1, 0.15) is 11.6 Å². The van der Waals surface area contributed by atoms with Gasteiger partial charge in [0.2, 0.25) is 23.5 Å². The molecule has 1 aliphatic heterocycles. The van der Waals surface area contributed by atoms with Crippen LogP contribution in [0.5, 0.6) is 17.6 Å². The number of carboxylic acid groups (broad SMARTS) is 1. The maximum atomic E-state index is 11.5. The van der Waals surface area contributed by atoms with Crippen molar-refractivity contribution in [1.82, 2.24) is 25.9 Å². The summed E-state index contributed by atoms with van der Waals surface area (Å²) in [7, 11) is 3.08. The Hall–Kier alpha value is -4.13. The van der Waals surface area contributed by atoms with Crippen LogP contribution in [-0.2, 0) is 29.3 Å². The summed E-state index contributed by atoms with van der Waals surface area (Å²) in [6, 6.07) is 17.0. The predicted octanol–water partition coefficient (Wildman–Crippen LogP) is 6.69. The Labute approximate surface area is 305 Å². The first-order chi connectivity index (χ1) is 24.2. The number of aromatic nitrogens is 2. The van der Waals surface area contributed by atoms with Crippen molar-refractivity contribution in [3.8, 4) is 40.0 Å². The van der Waals surface area contributed by atoms with E-state index in [1.165, 1.54) is 7.11 Å². The number of nitrogens with zero attached hydrogens (tertiary/aromatic N) is 2. The minimum Gasteiger partial charge on any atom is -0.481 e. The molecule has 3 heterocycles. The monoisotopic (exact) mass is 741 g/mol. The molecule has 4 aromatic rings. The van der Waals surface area contributed by atoms with Gasteiger partial charge in [-0.15, -0.1) is 0 Å². The number of ether oxygens (including phenoxy) is 3. The van der Waals surface area contributed by atoms with Crippen LogP contribution in [0.15, 0.2) is 54.6 Å². The summed E-state index contributed by atoms with van der Waals surface area (Å²) in [6.07, 6.45) is 1.96. The molecule has 0 aliphatic carbocycles. The molecule has 4 N–H and O–H groups in total. The third-order valence-corrected chi connectivity index (χ3v) is 9.29. The lowest BCUT2D eigenvalue weighted by atomic mass is 9.99. The van der Waals surface area contributed by atoms with Crippen LogP contribution < -0.4 is 30.2 Å². The highest BCUT2D eigenvalue weighted by molar-refractivity contribution is 6.38. The van der Waals surface area contributed by atoms with Crippen molar-refractivity contribution in [2.75, 3.05) is 27.3 Å². The molecule has 0 spiro atoms. The molecule has 264 valence electrons. The van der Waals surface area contributed by atoms with Gasteiger partial charge >= 0.3 is 5.97 Å². The number of hydrogen-bond donors (Lipinski definition) is 4. The van der Waals surface area contributed by atoms with E-state index < -0.39 is 5.97 Å². The van der Waals surface area contributed by atoms with Crippen molar-refractivity contribution < 1.29 is 28.9 Å². The van der Waals surface area contributed by atoms with Gasteiger partial charge in [0, 0.05) is 71.9 Å². The Morgan fingerprint density at radius 3 is 2.30 bits per heavy atom. The van der Waals surface area contributed by atoms with E-state index in [0.717, 1.165) is 17.5 Å². The zero-order valence-corrected chi connectivity index (χ0v) is 29.9. The Balaban J connectivity index is 1.29. The van der Waals surface area contributed by atoms with Gasteiger partial charge in [0.15, 0.2) is 0 Å². The van der Waals surface area contributed by atoms with Crippen LogP contribution >= 0.6 is 34.8 Å². The normalized spacial score (nSPS) is 14.0. The molecule has 11 nitrogen and oxygen atoms in total. The third kappa shape index (κ3) is 9.35. The summed E-state index contributed by atoms with van der Waals surface area (Å²) in [4.78, 5) is 31.4. The van der Waals surface area contributed by atoms with Crippen molar-refractivity contribution in [3.63, 3.8) is 0 Å². The molecule has 1 saturated heterocycles. The summed E-state index contributed by atoms with van der Waals surface area (Å²) in [5.74, 6) is 0.254. The van der Waals surface area contributed by atoms with Gasteiger partial charge in [-0.25, -0.2) is 4.98 Å². The highest BCUT2D eigenvalue weighted by Gasteiger charge is 2.21. The van der Waals surface area contributed by atoms with Crippen molar-refractivity contribution in [3.05, 3.63) is 86.4 Å². The summed E-state index contributed by atoms with van der Waals surface area (Å²) < 4.78 is 17.1. The first kappa shape index (κ1) is 37.1. The maximum Gasteiger partial charge on any atom is 0.303 e. The van der Waals surface area contributed by atoms with Crippen molar-refractivity contribution in [2.45, 2.75) is 51.4 Å². The summed E-state index contributed by atoms with van der Waals surface area (Å²) in [5.41, 5.74) is 5.09. The minimum absolute atomic E-state index is 0.0774. The van der Waals surface area contributed by atoms with Gasteiger partial charge < -0.3 is 35.3 Å². The fraction of sp³-hybridized carbons (Fsp3) is 0.333. The molecule has 0 radical (unpaired) electrons. The molecule has 14 heteroatoms. The van der Waals surface area contributed by atoms with E-state index in [0.29, 0.717) is 93.8 Å². The fourth-order valence-corrected chi connectivity index (χ4v) is 6.45. The number of halogens is 3. The number of carbonyl (C=O) groups is 2. The molecule has 1 fully saturated rings. The smallest absolute Gasteiger partial charge is 0.303 e. The predicted molar refractivity (Wildman–Crippen MR) is 193 cm³/mol. The molecule has 1 unspecified atom stereocenters. The molecule has 2 aromatic heterocycles. The summed E-state index contributed by atoms with van der Waals surface area (Å²) in [6.45, 7) is 2.19. The largest absolute Gasteiger partial charge is 0.481 e. The average molecular weight is 743 g/mol. The number of aliphatic carboxylic acids is 1. The Morgan fingerprint density at radius 2 is 1.58 bits per heavy atom. The lowest BCUT2D eigenvalue weighted by Gasteiger charge is -2.16. The van der Waals surface area contributed by atoms with Gasteiger partial charge in [0.25, 0.3) is 0 Å². The van der Waals surface area contributed by atoms with Crippen molar-refractivity contribution >= 4 is 46.7 Å². The molecule has 0 bridgehead atoms. The highest BCUT2D eigenvalue weighted by atomic mass is 35.5. The van der Waals surface area contributed by atoms with Crippen LogP contribution in [0.1, 0.15) is 42.4 Å². The van der Waals surface area contributed by atoms with E-state index in [1.54, 1.807) is 13.2 Å². The average Bonchev–Trinajstić information content (AvgIpc) is 3.53. The lowest BCUT2D eigenvalue weighted by molar-refractivity contribution is -0.137. The van der Waals surface area contributed by atoms with Gasteiger partial charge in [-0.05, 0) is 31.5 Å². The second-order valence-electron chi connectivity index (χ2n) is 11.7. The van der Waals surface area contributed by atoms with Crippen LogP contribution in [0.2, 0.25) is 15.1 Å². The number of methoxy groups -OCH3 is 2. The molecule has 50 heavy (non-hydrogen) atoms. The first-order valence-corrected chi connectivity index (χ1v) is 17.2. The summed E-state index contributed by atoms with van der Waals surface area (Å²) in [5, 5.41) is 19.6. The molecule has 1 aliphatic rings. The van der Waals surface area contributed by atoms with Gasteiger partial charge in [0.05, 0.1) is 30.0 Å². The van der Waals surface area contributed by atoms with E-state index in [1.807, 2.05) is 48.5 Å². The molecule has 2 aromatic carbocycles. The molecular formula is C36H38Cl3N5O6. The highest BCUT2D eigenvalue weighted by Crippen LogP contribution is 2.40. The Bertz CT molecular complexity index is 1840. The molecule has 5 rings (SSSR count). The second-order valence-corrected chi connectivity index (χ2v) is 12.8. The minimum atomic E-state index is -0.837. The number of amides is 1. The van der Waals surface area contributed by atoms with Gasteiger partial charge in [-0.2, -0.15) is 4.98 Å². The number of nitrogens with one attached hydrogen (secondary N) is 3. The Kier molecular flexibility index (Phi) is 13.1. The molecule has 1 atom stereocenters. The van der Waals surface area contributed by atoms with Crippen molar-refractivity contribution in [2.24, 2.45) is 0 Å². The van der Waals surface area contributed by atoms with Crippen LogP contribution in [0.4, 0.5) is 0 Å². The Morgan fingerprint density at radius 1 is 0.880 bits per heavy atom. The number of carboxylic acids is 1. The third-order valence-electron chi connectivity index (χ3n) is 8.17. The summed E-state index contributed by atoms with van der Waals surface area (Å²) >= 11 is 20.5. The van der Waals surface area contributed by atoms with E-state index in [2.05, 4.69) is 20.9 Å². The standard InChI is InChI=1S/C36H38Cl3N5O6/c1-48-34-21(17-41-19-24-12-14-30(45)42-24)11-13-29(43-34)27-9-4-8-26(33(27)39)25-7-3-6-22(32(25)38)20-50-36-28(37)16-23(35(44-36)49-2)18-40-15-5-10-31(46)47/h3-4,6-9,11,13,16,24,40-41H,5,10,12,14-15,17-20H2,1-2H3,(H,42,45)(H,46,47). The zero-order chi connectivity index (χ0) is 35.6. The first-order valence-electron chi connectivity index (χ1n) is 16.1. The van der Waals surface area contributed by atoms with Crippen LogP contribution in [0, 0.1) is 0 Å². The van der Waals surface area contributed by atoms with E-state index in [4.69, 9.17) is 59.1 Å². The van der Waals surface area contributed by atoms with E-state index >= 15 is 0 Å². The second kappa shape index (κ2) is 17.7. The molecule has 1 amide bonds. The number of rotatable bonds is 17. The topological polar surface area (TPSA) is 144 Å². The van der Waals surface area contributed by atoms with Crippen LogP contribution in [-0.4, -0.2) is 60.3 Å². The van der Waals surface area contributed by atoms with E-state index in [9.17, 15) is 9.59 Å². The lowest BCUT2D eigenvalue weighted by Crippen LogP contribution is -2.35. The molecule has 0 saturated carbocycles. The number of pyridine rings is 2. The van der Waals surface area contributed by atoms with Gasteiger partial charge in [-0.3, -0.25) is 9.59 Å². The number of benzene rings is 2.